The molecule has 0 aromatic carbocycles. The predicted molar refractivity (Wildman–Crippen MR) is 94.3 cm³/mol. The molecule has 1 saturated heterocycles. The molecule has 0 amide bonds. The summed E-state index contributed by atoms with van der Waals surface area (Å²) < 4.78 is 30.7. The second kappa shape index (κ2) is 6.92. The molecule has 136 valence electrons. The number of aromatic nitrogens is 1. The van der Waals surface area contributed by atoms with E-state index in [9.17, 15) is 8.42 Å². The lowest BCUT2D eigenvalue weighted by Crippen LogP contribution is -2.45. The number of anilines is 2. The number of hydrogen-bond acceptors (Lipinski definition) is 6. The summed E-state index contributed by atoms with van der Waals surface area (Å²) in [6.45, 7) is 2.30. The van der Waals surface area contributed by atoms with Crippen molar-refractivity contribution in [2.75, 3.05) is 23.5 Å². The van der Waals surface area contributed by atoms with E-state index >= 15 is 0 Å². The van der Waals surface area contributed by atoms with Gasteiger partial charge < -0.3 is 26.1 Å². The van der Waals surface area contributed by atoms with E-state index in [4.69, 9.17) is 21.5 Å². The monoisotopic (exact) mass is 359 g/mol. The molecule has 1 aliphatic heterocycles. The molecule has 0 saturated carbocycles. The average Bonchev–Trinajstić information content (AvgIpc) is 2.89. The van der Waals surface area contributed by atoms with Crippen molar-refractivity contribution in [1.29, 1.82) is 0 Å². The van der Waals surface area contributed by atoms with Gasteiger partial charge in [0.1, 0.15) is 0 Å². The summed E-state index contributed by atoms with van der Waals surface area (Å²) in [5.74, 6) is -0.0547. The van der Waals surface area contributed by atoms with Crippen LogP contribution in [0, 0.1) is 5.92 Å². The van der Waals surface area contributed by atoms with Gasteiger partial charge in [0, 0.05) is 38.1 Å². The van der Waals surface area contributed by atoms with Crippen LogP contribution >= 0.6 is 0 Å². The molecule has 2 heterocycles. The van der Waals surface area contributed by atoms with Crippen LogP contribution in [-0.4, -0.2) is 53.1 Å². The summed E-state index contributed by atoms with van der Waals surface area (Å²) in [4.78, 5) is 0. The van der Waals surface area contributed by atoms with Crippen molar-refractivity contribution in [1.82, 2.24) is 8.87 Å². The number of nitrogens with two attached hydrogens (primary N) is 2. The Morgan fingerprint density at radius 3 is 2.67 bits per heavy atom. The number of rotatable bonds is 7. The van der Waals surface area contributed by atoms with Crippen LogP contribution in [-0.2, 0) is 17.3 Å². The molecule has 2 atom stereocenters. The Bertz CT molecular complexity index is 676. The van der Waals surface area contributed by atoms with Gasteiger partial charge in [0.2, 0.25) is 0 Å². The first-order valence-corrected chi connectivity index (χ1v) is 9.29. The number of hydrogen-bond donors (Lipinski definition) is 5. The third kappa shape index (κ3) is 4.42. The van der Waals surface area contributed by atoms with Crippen LogP contribution in [0.4, 0.5) is 11.4 Å². The summed E-state index contributed by atoms with van der Waals surface area (Å²) in [7, 11) is -3.35. The predicted octanol–water partition coefficient (Wildman–Crippen LogP) is -0.834. The second-order valence-corrected chi connectivity index (χ2v) is 8.48. The van der Waals surface area contributed by atoms with Gasteiger partial charge in [-0.05, 0) is 25.6 Å². The fourth-order valence-electron chi connectivity index (χ4n) is 3.07. The fraction of sp³-hybridized carbons (Fsp3) is 0.692. The van der Waals surface area contributed by atoms with Gasteiger partial charge in [-0.2, -0.15) is 12.7 Å². The highest BCUT2D eigenvalue weighted by Crippen LogP contribution is 2.32. The highest BCUT2D eigenvalue weighted by atomic mass is 32.2. The Kier molecular flexibility index (Phi) is 5.50. The number of nitrogens with one attached hydrogen (secondary N) is 1. The fourth-order valence-corrected chi connectivity index (χ4v) is 4.47. The van der Waals surface area contributed by atoms with Crippen molar-refractivity contribution >= 4 is 28.7 Å². The largest absolute Gasteiger partial charge is 0.451 e. The Labute approximate surface area is 142 Å². The van der Waals surface area contributed by atoms with Crippen LogP contribution < -0.4 is 16.2 Å². The van der Waals surface area contributed by atoms with Crippen molar-refractivity contribution in [3.05, 3.63) is 12.4 Å². The maximum atomic E-state index is 12.6. The Morgan fingerprint density at radius 1 is 1.46 bits per heavy atom. The lowest BCUT2D eigenvalue weighted by molar-refractivity contribution is 0.343. The number of nitrogen functional groups attached to an aromatic ring is 1. The van der Waals surface area contributed by atoms with Gasteiger partial charge in [-0.15, -0.1) is 0 Å². The number of aryl methyl sites for hydroxylation is 1. The standard InChI is InChI=1S/C13H26BN5O4S/c1-13(16)9-19(6-10(13)4-3-5-14(20)21)24(22,23)17-12-8-18(2)7-11(12)15/h7-8,10,17,20-21H,3-6,9,15-16H2,1-2H3/t10-,13-/m0/s1. The molecule has 1 fully saturated rings. The topological polar surface area (TPSA) is 147 Å². The molecule has 0 unspecified atom stereocenters. The molecule has 0 bridgehead atoms. The summed E-state index contributed by atoms with van der Waals surface area (Å²) >= 11 is 0. The van der Waals surface area contributed by atoms with Gasteiger partial charge >= 0.3 is 17.3 Å². The van der Waals surface area contributed by atoms with E-state index in [0.29, 0.717) is 24.2 Å². The first-order valence-electron chi connectivity index (χ1n) is 7.85. The van der Waals surface area contributed by atoms with Gasteiger partial charge in [0.05, 0.1) is 11.4 Å². The maximum Gasteiger partial charge on any atom is 0.451 e. The molecule has 1 aliphatic rings. The molecule has 1 aromatic rings. The van der Waals surface area contributed by atoms with Gasteiger partial charge in [0.25, 0.3) is 0 Å². The minimum atomic E-state index is -3.76. The van der Waals surface area contributed by atoms with Gasteiger partial charge in [-0.1, -0.05) is 6.42 Å². The SMILES string of the molecule is Cn1cc(N)c(NS(=O)(=O)N2C[C@H](CCCB(O)O)[C@@](C)(N)C2)c1. The van der Waals surface area contributed by atoms with E-state index in [-0.39, 0.29) is 25.3 Å². The molecule has 2 rings (SSSR count). The van der Waals surface area contributed by atoms with E-state index < -0.39 is 22.9 Å². The molecule has 9 nitrogen and oxygen atoms in total. The summed E-state index contributed by atoms with van der Waals surface area (Å²) in [6, 6.07) is 0. The van der Waals surface area contributed by atoms with Crippen molar-refractivity contribution in [2.45, 2.75) is 31.6 Å². The normalized spacial score (nSPS) is 25.1. The molecule has 7 N–H and O–H groups in total. The lowest BCUT2D eigenvalue weighted by atomic mass is 9.79. The molecular weight excluding hydrogens is 333 g/mol. The second-order valence-electron chi connectivity index (χ2n) is 6.81. The summed E-state index contributed by atoms with van der Waals surface area (Å²) in [6.07, 6.45) is 4.67. The zero-order chi connectivity index (χ0) is 18.1. The third-order valence-corrected chi connectivity index (χ3v) is 5.89. The van der Waals surface area contributed by atoms with Crippen LogP contribution in [0.15, 0.2) is 12.4 Å². The highest BCUT2D eigenvalue weighted by Gasteiger charge is 2.44. The maximum absolute atomic E-state index is 12.6. The minimum absolute atomic E-state index is 0.0547. The van der Waals surface area contributed by atoms with E-state index in [2.05, 4.69) is 4.72 Å². The van der Waals surface area contributed by atoms with Crippen LogP contribution in [0.1, 0.15) is 19.8 Å². The van der Waals surface area contributed by atoms with E-state index in [0.717, 1.165) is 0 Å². The number of nitrogens with zero attached hydrogens (tertiary/aromatic N) is 2. The summed E-state index contributed by atoms with van der Waals surface area (Å²) in [5, 5.41) is 17.8. The summed E-state index contributed by atoms with van der Waals surface area (Å²) in [5.41, 5.74) is 12.1. The molecule has 0 radical (unpaired) electrons. The Morgan fingerprint density at radius 2 is 2.12 bits per heavy atom. The smallest absolute Gasteiger partial charge is 0.427 e. The van der Waals surface area contributed by atoms with Crippen molar-refractivity contribution in [3.63, 3.8) is 0 Å². The average molecular weight is 359 g/mol. The highest BCUT2D eigenvalue weighted by molar-refractivity contribution is 7.90. The van der Waals surface area contributed by atoms with E-state index in [1.807, 2.05) is 6.92 Å². The molecule has 24 heavy (non-hydrogen) atoms. The van der Waals surface area contributed by atoms with Crippen LogP contribution in [0.2, 0.25) is 6.32 Å². The zero-order valence-electron chi connectivity index (χ0n) is 14.0. The molecule has 1 aromatic heterocycles. The Balaban J connectivity index is 2.04. The van der Waals surface area contributed by atoms with Crippen LogP contribution in [0.3, 0.4) is 0 Å². The first kappa shape index (κ1) is 19.1. The first-order chi connectivity index (χ1) is 11.0. The van der Waals surface area contributed by atoms with Crippen molar-refractivity contribution < 1.29 is 18.5 Å². The van der Waals surface area contributed by atoms with Crippen molar-refractivity contribution in [3.8, 4) is 0 Å². The quantitative estimate of drug-likeness (QED) is 0.401. The van der Waals surface area contributed by atoms with Gasteiger partial charge in [-0.25, -0.2) is 0 Å². The lowest BCUT2D eigenvalue weighted by Gasteiger charge is -2.25. The van der Waals surface area contributed by atoms with Crippen molar-refractivity contribution in [2.24, 2.45) is 18.7 Å². The van der Waals surface area contributed by atoms with E-state index in [1.165, 1.54) is 4.31 Å². The molecular formula is C13H26BN5O4S. The molecule has 11 heteroatoms. The minimum Gasteiger partial charge on any atom is -0.427 e. The zero-order valence-corrected chi connectivity index (χ0v) is 14.8. The van der Waals surface area contributed by atoms with Crippen LogP contribution in [0.5, 0.6) is 0 Å². The van der Waals surface area contributed by atoms with E-state index in [1.54, 1.807) is 24.0 Å². The third-order valence-electron chi connectivity index (χ3n) is 4.45. The van der Waals surface area contributed by atoms with Gasteiger partial charge in [-0.3, -0.25) is 4.72 Å². The molecule has 0 spiro atoms. The van der Waals surface area contributed by atoms with Gasteiger partial charge in [0.15, 0.2) is 0 Å². The molecule has 0 aliphatic carbocycles. The Hall–Kier alpha value is -1.27. The van der Waals surface area contributed by atoms with Crippen LogP contribution in [0.25, 0.3) is 0 Å².